The molecule has 196 valence electrons. The topological polar surface area (TPSA) is 55.4 Å². The number of quaternary nitrogens is 1. The Morgan fingerprint density at radius 3 is 2.16 bits per heavy atom. The molecule has 1 unspecified atom stereocenters. The number of carbonyl (C=O) groups is 2. The van der Waals surface area contributed by atoms with E-state index in [0.717, 1.165) is 53.9 Å². The van der Waals surface area contributed by atoms with E-state index in [0.29, 0.717) is 18.0 Å². The largest absolute Gasteiger partial charge is 1.00 e. The number of nitrogens with one attached hydrogen (secondary N) is 1. The molecular formula is C30H34BrFN2O3. The molecule has 37 heavy (non-hydrogen) atoms. The highest BCUT2D eigenvalue weighted by Gasteiger charge is 2.48. The van der Waals surface area contributed by atoms with Crippen molar-refractivity contribution in [3.63, 3.8) is 0 Å². The monoisotopic (exact) mass is 568 g/mol. The average molecular weight is 570 g/mol. The molecule has 3 aromatic carbocycles. The summed E-state index contributed by atoms with van der Waals surface area (Å²) in [5.41, 5.74) is 3.17. The summed E-state index contributed by atoms with van der Waals surface area (Å²) in [6, 6.07) is 24.3. The third kappa shape index (κ3) is 7.73. The Morgan fingerprint density at radius 2 is 1.57 bits per heavy atom. The Labute approximate surface area is 229 Å². The minimum atomic E-state index is -0.207. The number of nitrogens with zero attached hydrogens (tertiary/aromatic N) is 1. The molecule has 3 aliphatic heterocycles. The molecule has 0 spiro atoms. The Kier molecular flexibility index (Phi) is 10.0. The van der Waals surface area contributed by atoms with Crippen LogP contribution in [0.5, 0.6) is 0 Å². The van der Waals surface area contributed by atoms with Crippen LogP contribution in [-0.2, 0) is 9.53 Å². The summed E-state index contributed by atoms with van der Waals surface area (Å²) in [5.74, 6) is 0.287. The van der Waals surface area contributed by atoms with Gasteiger partial charge in [0.25, 0.3) is 0 Å². The molecule has 3 aromatic rings. The second-order valence-electron chi connectivity index (χ2n) is 9.86. The molecule has 1 N–H and O–H groups in total. The molecule has 5 nitrogen and oxygen atoms in total. The van der Waals surface area contributed by atoms with Gasteiger partial charge in [-0.15, -0.1) is 0 Å². The SMILES string of the molecule is CC(=O)OC1C[N+]2(CC(=O)c3ccccc3)CCC1CC2.Cc1ccc(Nc2ccccc2)cc1F.[Br-]. The van der Waals surface area contributed by atoms with Crippen molar-refractivity contribution in [3.05, 3.63) is 95.8 Å². The number of benzene rings is 3. The van der Waals surface area contributed by atoms with Gasteiger partial charge in [-0.25, -0.2) is 4.39 Å². The fourth-order valence-corrected chi connectivity index (χ4v) is 5.17. The summed E-state index contributed by atoms with van der Waals surface area (Å²) in [6.07, 6.45) is 2.11. The summed E-state index contributed by atoms with van der Waals surface area (Å²) in [7, 11) is 0. The molecule has 2 bridgehead atoms. The average Bonchev–Trinajstić information content (AvgIpc) is 2.88. The molecule has 0 radical (unpaired) electrons. The van der Waals surface area contributed by atoms with Crippen molar-refractivity contribution in [3.8, 4) is 0 Å². The predicted octanol–water partition coefficient (Wildman–Crippen LogP) is 2.92. The van der Waals surface area contributed by atoms with Crippen molar-refractivity contribution in [2.45, 2.75) is 32.8 Å². The first kappa shape index (κ1) is 28.5. The molecule has 1 atom stereocenters. The highest BCUT2D eigenvalue weighted by Crippen LogP contribution is 2.35. The second-order valence-corrected chi connectivity index (χ2v) is 9.86. The van der Waals surface area contributed by atoms with Crippen LogP contribution in [0.2, 0.25) is 0 Å². The Hall–Kier alpha value is -3.03. The number of ketones is 1. The van der Waals surface area contributed by atoms with E-state index < -0.39 is 0 Å². The smallest absolute Gasteiger partial charge is 0.303 e. The van der Waals surface area contributed by atoms with Crippen molar-refractivity contribution in [2.24, 2.45) is 5.92 Å². The highest BCUT2D eigenvalue weighted by molar-refractivity contribution is 5.96. The third-order valence-electron chi connectivity index (χ3n) is 7.17. The number of anilines is 2. The number of ether oxygens (including phenoxy) is 1. The quantitative estimate of drug-likeness (QED) is 0.282. The molecule has 7 heteroatoms. The lowest BCUT2D eigenvalue weighted by Crippen LogP contribution is -3.00. The van der Waals surface area contributed by atoms with Gasteiger partial charge in [-0.2, -0.15) is 0 Å². The maximum Gasteiger partial charge on any atom is 0.303 e. The molecule has 3 fully saturated rings. The number of hydrogen-bond acceptors (Lipinski definition) is 4. The van der Waals surface area contributed by atoms with Gasteiger partial charge in [0.2, 0.25) is 5.78 Å². The zero-order valence-corrected chi connectivity index (χ0v) is 22.9. The van der Waals surface area contributed by atoms with Gasteiger partial charge in [-0.1, -0.05) is 54.6 Å². The maximum absolute atomic E-state index is 13.2. The lowest BCUT2D eigenvalue weighted by atomic mass is 9.83. The lowest BCUT2D eigenvalue weighted by Gasteiger charge is -2.51. The van der Waals surface area contributed by atoms with E-state index in [-0.39, 0.29) is 40.7 Å². The Bertz CT molecular complexity index is 1180. The van der Waals surface area contributed by atoms with E-state index in [1.54, 1.807) is 13.0 Å². The zero-order chi connectivity index (χ0) is 25.5. The normalized spacial score (nSPS) is 21.6. The first-order valence-corrected chi connectivity index (χ1v) is 12.5. The standard InChI is InChI=1S/C17H22NO3.C13H12FN.BrH/c1-13(19)21-17-12-18(9-7-15(17)8-10-18)11-16(20)14-5-3-2-4-6-14;1-10-7-8-12(9-13(10)14)15-11-5-3-2-4-6-11;/h2-6,15,17H,7-12H2,1H3;2-9,15H,1H3;1H/q+1;;/p-1. The number of aryl methyl sites for hydroxylation is 1. The van der Waals surface area contributed by atoms with E-state index in [2.05, 4.69) is 5.32 Å². The summed E-state index contributed by atoms with van der Waals surface area (Å²) in [6.45, 7) is 6.60. The minimum absolute atomic E-state index is 0. The second kappa shape index (κ2) is 13.0. The number of para-hydroxylation sites is 1. The van der Waals surface area contributed by atoms with Crippen LogP contribution in [-0.4, -0.2) is 48.5 Å². The van der Waals surface area contributed by atoms with Gasteiger partial charge in [0.05, 0.1) is 13.1 Å². The summed E-state index contributed by atoms with van der Waals surface area (Å²) in [4.78, 5) is 23.7. The van der Waals surface area contributed by atoms with Crippen LogP contribution in [0.15, 0.2) is 78.9 Å². The molecule has 0 saturated carbocycles. The van der Waals surface area contributed by atoms with Crippen LogP contribution in [0.4, 0.5) is 15.8 Å². The van der Waals surface area contributed by atoms with Crippen LogP contribution in [0.25, 0.3) is 0 Å². The molecule has 3 aliphatic rings. The van der Waals surface area contributed by atoms with Crippen molar-refractivity contribution >= 4 is 23.1 Å². The number of hydrogen-bond donors (Lipinski definition) is 1. The van der Waals surface area contributed by atoms with Crippen molar-refractivity contribution in [1.82, 2.24) is 0 Å². The van der Waals surface area contributed by atoms with Crippen molar-refractivity contribution < 1.29 is 40.2 Å². The summed E-state index contributed by atoms with van der Waals surface area (Å²) >= 11 is 0. The van der Waals surface area contributed by atoms with Crippen LogP contribution >= 0.6 is 0 Å². The summed E-state index contributed by atoms with van der Waals surface area (Å²) < 4.78 is 19.5. The number of carbonyl (C=O) groups excluding carboxylic acids is 2. The van der Waals surface area contributed by atoms with E-state index >= 15 is 0 Å². The van der Waals surface area contributed by atoms with Gasteiger partial charge in [0, 0.05) is 42.6 Å². The van der Waals surface area contributed by atoms with Gasteiger partial charge < -0.3 is 31.5 Å². The molecule has 0 aromatic heterocycles. The third-order valence-corrected chi connectivity index (χ3v) is 7.17. The molecule has 3 heterocycles. The zero-order valence-electron chi connectivity index (χ0n) is 21.3. The van der Waals surface area contributed by atoms with Crippen LogP contribution in [0.3, 0.4) is 0 Å². The van der Waals surface area contributed by atoms with Gasteiger partial charge >= 0.3 is 5.97 Å². The van der Waals surface area contributed by atoms with Crippen LogP contribution < -0.4 is 22.3 Å². The predicted molar refractivity (Wildman–Crippen MR) is 140 cm³/mol. The van der Waals surface area contributed by atoms with Gasteiger partial charge in [0.15, 0.2) is 6.10 Å². The number of halogens is 2. The van der Waals surface area contributed by atoms with E-state index in [9.17, 15) is 14.0 Å². The fraction of sp³-hybridized carbons (Fsp3) is 0.333. The first-order valence-electron chi connectivity index (χ1n) is 12.5. The van der Waals surface area contributed by atoms with Crippen molar-refractivity contribution in [2.75, 3.05) is 31.5 Å². The summed E-state index contributed by atoms with van der Waals surface area (Å²) in [5, 5.41) is 3.13. The Balaban J connectivity index is 0.000000211. The Morgan fingerprint density at radius 1 is 0.946 bits per heavy atom. The number of Topliss-reactive ketones (excluding diaryl/α,β-unsaturated/α-hetero) is 1. The molecular weight excluding hydrogens is 535 g/mol. The first-order chi connectivity index (χ1) is 17.3. The molecule has 6 rings (SSSR count). The highest BCUT2D eigenvalue weighted by atomic mass is 79.9. The number of esters is 1. The van der Waals surface area contributed by atoms with E-state index in [1.807, 2.05) is 66.7 Å². The van der Waals surface area contributed by atoms with Gasteiger partial charge in [-0.3, -0.25) is 9.59 Å². The number of piperidine rings is 3. The van der Waals surface area contributed by atoms with Crippen LogP contribution in [0, 0.1) is 18.7 Å². The van der Waals surface area contributed by atoms with E-state index in [1.165, 1.54) is 13.0 Å². The molecule has 3 saturated heterocycles. The lowest BCUT2D eigenvalue weighted by molar-refractivity contribution is -0.938. The molecule has 0 aliphatic carbocycles. The minimum Gasteiger partial charge on any atom is -1.00 e. The fourth-order valence-electron chi connectivity index (χ4n) is 5.17. The number of fused-ring (bicyclic) bond motifs is 3. The van der Waals surface area contributed by atoms with E-state index in [4.69, 9.17) is 4.74 Å². The van der Waals surface area contributed by atoms with Crippen LogP contribution in [0.1, 0.15) is 35.7 Å². The van der Waals surface area contributed by atoms with Gasteiger partial charge in [0.1, 0.15) is 18.9 Å². The van der Waals surface area contributed by atoms with Gasteiger partial charge in [-0.05, 0) is 36.8 Å². The number of rotatable bonds is 6. The van der Waals surface area contributed by atoms with Crippen molar-refractivity contribution in [1.29, 1.82) is 0 Å². The molecule has 0 amide bonds. The maximum atomic E-state index is 13.2.